The fourth-order valence-electron chi connectivity index (χ4n) is 2.29. The fraction of sp³-hybridized carbons (Fsp3) is 0.692. The molecule has 0 amide bonds. The Hall–Kier alpha value is -0.940. The molecule has 0 spiro atoms. The van der Waals surface area contributed by atoms with Crippen LogP contribution in [-0.2, 0) is 4.74 Å². The molecule has 1 aromatic rings. The van der Waals surface area contributed by atoms with Crippen LogP contribution in [0.1, 0.15) is 35.1 Å². The average Bonchev–Trinajstić information content (AvgIpc) is 2.73. The van der Waals surface area contributed by atoms with Crippen molar-refractivity contribution in [1.82, 2.24) is 4.98 Å². The second kappa shape index (κ2) is 5.80. The molecule has 1 aliphatic heterocycles. The molecule has 100 valence electrons. The molecular weight excluding hydrogens is 248 g/mol. The summed E-state index contributed by atoms with van der Waals surface area (Å²) in [6.45, 7) is 6.18. The van der Waals surface area contributed by atoms with Crippen LogP contribution in [0.4, 0.5) is 5.13 Å². The Morgan fingerprint density at radius 1 is 1.61 bits per heavy atom. The highest BCUT2D eigenvalue weighted by Gasteiger charge is 2.19. The number of ether oxygens (including phenoxy) is 1. The van der Waals surface area contributed by atoms with Crippen LogP contribution in [0.2, 0.25) is 0 Å². The van der Waals surface area contributed by atoms with E-state index in [2.05, 4.69) is 9.88 Å². The number of anilines is 1. The number of hydrogen-bond acceptors (Lipinski definition) is 5. The van der Waals surface area contributed by atoms with Crippen LogP contribution in [0.5, 0.6) is 0 Å². The van der Waals surface area contributed by atoms with Crippen molar-refractivity contribution in [3.8, 4) is 0 Å². The summed E-state index contributed by atoms with van der Waals surface area (Å²) < 4.78 is 5.49. The zero-order valence-corrected chi connectivity index (χ0v) is 12.0. The van der Waals surface area contributed by atoms with Crippen molar-refractivity contribution in [2.75, 3.05) is 31.7 Å². The number of Topliss-reactive ketones (excluding diaryl/α,β-unsaturated/α-hetero) is 1. The number of rotatable bonds is 4. The molecule has 0 radical (unpaired) electrons. The first-order valence-electron chi connectivity index (χ1n) is 6.35. The van der Waals surface area contributed by atoms with Gasteiger partial charge in [-0.25, -0.2) is 4.98 Å². The van der Waals surface area contributed by atoms with Crippen molar-refractivity contribution in [3.63, 3.8) is 0 Å². The topological polar surface area (TPSA) is 42.4 Å². The molecule has 0 N–H and O–H groups in total. The first-order valence-corrected chi connectivity index (χ1v) is 7.17. The predicted octanol–water partition coefficient (Wildman–Crippen LogP) is 2.52. The second-order valence-corrected chi connectivity index (χ2v) is 5.91. The van der Waals surface area contributed by atoms with Crippen LogP contribution in [0.15, 0.2) is 0 Å². The number of thiazole rings is 1. The number of nitrogens with zero attached hydrogens (tertiary/aromatic N) is 2. The first-order chi connectivity index (χ1) is 8.58. The monoisotopic (exact) mass is 268 g/mol. The van der Waals surface area contributed by atoms with Gasteiger partial charge in [0.2, 0.25) is 0 Å². The zero-order valence-electron chi connectivity index (χ0n) is 11.2. The standard InChI is InChI=1S/C13H20N2O2S/c1-9-12(10(2)16)18-13(14-9)15(3)7-11-5-4-6-17-8-11/h11H,4-8H2,1-3H3. The van der Waals surface area contributed by atoms with Gasteiger partial charge in [0.25, 0.3) is 0 Å². The average molecular weight is 268 g/mol. The van der Waals surface area contributed by atoms with Crippen LogP contribution in [0.25, 0.3) is 0 Å². The molecule has 0 bridgehead atoms. The molecule has 1 saturated heterocycles. The maximum atomic E-state index is 11.4. The van der Waals surface area contributed by atoms with E-state index < -0.39 is 0 Å². The van der Waals surface area contributed by atoms with Gasteiger partial charge in [-0.1, -0.05) is 11.3 Å². The van der Waals surface area contributed by atoms with Crippen molar-refractivity contribution >= 4 is 22.3 Å². The molecule has 1 aromatic heterocycles. The molecule has 1 fully saturated rings. The van der Waals surface area contributed by atoms with Gasteiger partial charge in [0.15, 0.2) is 10.9 Å². The summed E-state index contributed by atoms with van der Waals surface area (Å²) in [5.74, 6) is 0.680. The number of hydrogen-bond donors (Lipinski definition) is 0. The maximum Gasteiger partial charge on any atom is 0.185 e. The van der Waals surface area contributed by atoms with Gasteiger partial charge in [-0.05, 0) is 25.7 Å². The highest BCUT2D eigenvalue weighted by atomic mass is 32.1. The van der Waals surface area contributed by atoms with E-state index in [1.807, 2.05) is 14.0 Å². The summed E-state index contributed by atoms with van der Waals surface area (Å²) in [4.78, 5) is 18.8. The lowest BCUT2D eigenvalue weighted by atomic mass is 10.0. The van der Waals surface area contributed by atoms with Gasteiger partial charge < -0.3 is 9.64 Å². The lowest BCUT2D eigenvalue weighted by Gasteiger charge is -2.26. The molecule has 4 nitrogen and oxygen atoms in total. The molecule has 1 atom stereocenters. The van der Waals surface area contributed by atoms with Crippen molar-refractivity contribution in [1.29, 1.82) is 0 Å². The van der Waals surface area contributed by atoms with Crippen LogP contribution < -0.4 is 4.90 Å². The molecular formula is C13H20N2O2S. The predicted molar refractivity (Wildman–Crippen MR) is 73.7 cm³/mol. The largest absolute Gasteiger partial charge is 0.381 e. The van der Waals surface area contributed by atoms with Gasteiger partial charge >= 0.3 is 0 Å². The molecule has 1 aliphatic rings. The van der Waals surface area contributed by atoms with Gasteiger partial charge in [-0.3, -0.25) is 4.79 Å². The molecule has 5 heteroatoms. The Kier molecular flexibility index (Phi) is 4.35. The molecule has 2 heterocycles. The third-order valence-corrected chi connectivity index (χ3v) is 4.59. The SMILES string of the molecule is CC(=O)c1sc(N(C)CC2CCCOC2)nc1C. The Morgan fingerprint density at radius 2 is 2.39 bits per heavy atom. The molecule has 0 aromatic carbocycles. The highest BCUT2D eigenvalue weighted by molar-refractivity contribution is 7.17. The minimum Gasteiger partial charge on any atom is -0.381 e. The summed E-state index contributed by atoms with van der Waals surface area (Å²) in [6, 6.07) is 0. The lowest BCUT2D eigenvalue weighted by molar-refractivity contribution is 0.0576. The van der Waals surface area contributed by atoms with Gasteiger partial charge in [-0.15, -0.1) is 0 Å². The Bertz CT molecular complexity index is 425. The fourth-order valence-corrected chi connectivity index (χ4v) is 3.22. The summed E-state index contributed by atoms with van der Waals surface area (Å²) in [7, 11) is 2.04. The van der Waals surface area contributed by atoms with Crippen LogP contribution >= 0.6 is 11.3 Å². The number of carbonyl (C=O) groups is 1. The lowest BCUT2D eigenvalue weighted by Crippen LogP contribution is -2.30. The summed E-state index contributed by atoms with van der Waals surface area (Å²) in [5.41, 5.74) is 0.842. The van der Waals surface area contributed by atoms with Crippen LogP contribution in [-0.4, -0.2) is 37.6 Å². The number of carbonyl (C=O) groups excluding carboxylic acids is 1. The van der Waals surface area contributed by atoms with Crippen LogP contribution in [0.3, 0.4) is 0 Å². The Balaban J connectivity index is 2.01. The summed E-state index contributed by atoms with van der Waals surface area (Å²) >= 11 is 1.49. The summed E-state index contributed by atoms with van der Waals surface area (Å²) in [5, 5.41) is 0.934. The van der Waals surface area contributed by atoms with Gasteiger partial charge in [0.1, 0.15) is 0 Å². The molecule has 1 unspecified atom stereocenters. The van der Waals surface area contributed by atoms with Gasteiger partial charge in [-0.2, -0.15) is 0 Å². The van der Waals surface area contributed by atoms with Gasteiger partial charge in [0, 0.05) is 27.1 Å². The smallest absolute Gasteiger partial charge is 0.185 e. The van der Waals surface area contributed by atoms with E-state index in [-0.39, 0.29) is 5.78 Å². The van der Waals surface area contributed by atoms with Crippen molar-refractivity contribution in [2.24, 2.45) is 5.92 Å². The third-order valence-electron chi connectivity index (χ3n) is 3.22. The minimum absolute atomic E-state index is 0.102. The van der Waals surface area contributed by atoms with Crippen molar-refractivity contribution in [2.45, 2.75) is 26.7 Å². The van der Waals surface area contributed by atoms with E-state index in [4.69, 9.17) is 4.74 Å². The summed E-state index contributed by atoms with van der Waals surface area (Å²) in [6.07, 6.45) is 2.36. The van der Waals surface area contributed by atoms with E-state index in [1.165, 1.54) is 17.8 Å². The Labute approximate surface area is 112 Å². The van der Waals surface area contributed by atoms with E-state index in [9.17, 15) is 4.79 Å². The van der Waals surface area contributed by atoms with E-state index >= 15 is 0 Å². The Morgan fingerprint density at radius 3 is 2.94 bits per heavy atom. The normalized spacial score (nSPS) is 19.8. The second-order valence-electron chi connectivity index (χ2n) is 4.93. The third kappa shape index (κ3) is 3.09. The first kappa shape index (κ1) is 13.5. The van der Waals surface area contributed by atoms with Gasteiger partial charge in [0.05, 0.1) is 17.2 Å². The van der Waals surface area contributed by atoms with Crippen molar-refractivity contribution in [3.05, 3.63) is 10.6 Å². The molecule has 0 aliphatic carbocycles. The van der Waals surface area contributed by atoms with E-state index in [0.29, 0.717) is 5.92 Å². The van der Waals surface area contributed by atoms with E-state index in [1.54, 1.807) is 6.92 Å². The number of aryl methyl sites for hydroxylation is 1. The molecule has 2 rings (SSSR count). The number of ketones is 1. The molecule has 0 saturated carbocycles. The minimum atomic E-state index is 0.102. The highest BCUT2D eigenvalue weighted by Crippen LogP contribution is 2.27. The molecule has 18 heavy (non-hydrogen) atoms. The van der Waals surface area contributed by atoms with Crippen LogP contribution in [0, 0.1) is 12.8 Å². The van der Waals surface area contributed by atoms with Crippen molar-refractivity contribution < 1.29 is 9.53 Å². The van der Waals surface area contributed by atoms with E-state index in [0.717, 1.165) is 41.9 Å². The quantitative estimate of drug-likeness (QED) is 0.787. The number of aromatic nitrogens is 1. The maximum absolute atomic E-state index is 11.4. The zero-order chi connectivity index (χ0) is 13.1.